The van der Waals surface area contributed by atoms with E-state index in [2.05, 4.69) is 15.0 Å². The van der Waals surface area contributed by atoms with Crippen molar-refractivity contribution >= 4 is 17.4 Å². The van der Waals surface area contributed by atoms with Crippen LogP contribution < -0.4 is 15.0 Å². The van der Waals surface area contributed by atoms with E-state index in [1.807, 2.05) is 20.8 Å². The third-order valence-electron chi connectivity index (χ3n) is 5.62. The molecule has 5 nitrogen and oxygen atoms in total. The molecule has 178 valence electrons. The summed E-state index contributed by atoms with van der Waals surface area (Å²) in [4.78, 5) is 18.4. The van der Waals surface area contributed by atoms with Gasteiger partial charge in [0, 0.05) is 43.1 Å². The zero-order valence-corrected chi connectivity index (χ0v) is 18.4. The third kappa shape index (κ3) is 5.54. The van der Waals surface area contributed by atoms with Crippen molar-refractivity contribution in [2.45, 2.75) is 52.4 Å². The van der Waals surface area contributed by atoms with Crippen molar-refractivity contribution in [3.63, 3.8) is 0 Å². The van der Waals surface area contributed by atoms with Crippen LogP contribution in [0.25, 0.3) is 0 Å². The van der Waals surface area contributed by atoms with E-state index in [4.69, 9.17) is 0 Å². The highest BCUT2D eigenvalue weighted by atomic mass is 19.4. The molecule has 1 N–H and O–H groups in total. The number of nitrogens with one attached hydrogen (secondary N) is 1. The molecular weight excluding hydrogens is 445 g/mol. The summed E-state index contributed by atoms with van der Waals surface area (Å²) in [7, 11) is 0. The van der Waals surface area contributed by atoms with Gasteiger partial charge in [0.05, 0.1) is 11.4 Å². The molecule has 1 aromatic heterocycles. The minimum Gasteiger partial charge on any atom is -0.406 e. The number of nitrogens with zero attached hydrogens (tertiary/aromatic N) is 2. The lowest BCUT2D eigenvalue weighted by molar-refractivity contribution is -0.274. The zero-order valence-electron chi connectivity index (χ0n) is 18.4. The van der Waals surface area contributed by atoms with Crippen LogP contribution in [0.2, 0.25) is 0 Å². The van der Waals surface area contributed by atoms with Gasteiger partial charge in [0.1, 0.15) is 11.6 Å². The molecule has 0 bridgehead atoms. The Labute approximate surface area is 187 Å². The first-order valence-corrected chi connectivity index (χ1v) is 10.6. The first kappa shape index (κ1) is 23.3. The van der Waals surface area contributed by atoms with Gasteiger partial charge in [-0.15, -0.1) is 13.2 Å². The van der Waals surface area contributed by atoms with Crippen LogP contribution in [0.4, 0.5) is 33.5 Å². The number of halogens is 5. The van der Waals surface area contributed by atoms with E-state index in [-0.39, 0.29) is 47.5 Å². The molecule has 0 saturated heterocycles. The highest BCUT2D eigenvalue weighted by Crippen LogP contribution is 2.54. The number of carbonyl (C=O) groups excluding carboxylic acids is 1. The summed E-state index contributed by atoms with van der Waals surface area (Å²) in [6, 6.07) is 4.23. The van der Waals surface area contributed by atoms with E-state index in [1.165, 1.54) is 12.1 Å². The molecule has 2 atom stereocenters. The second-order valence-corrected chi connectivity index (χ2v) is 9.79. The second kappa shape index (κ2) is 8.14. The summed E-state index contributed by atoms with van der Waals surface area (Å²) in [6.45, 7) is 6.28. The Morgan fingerprint density at radius 3 is 2.55 bits per heavy atom. The van der Waals surface area contributed by atoms with Crippen molar-refractivity contribution in [3.8, 4) is 5.75 Å². The number of carbonyl (C=O) groups is 1. The second-order valence-electron chi connectivity index (χ2n) is 9.79. The average molecular weight is 469 g/mol. The third-order valence-corrected chi connectivity index (χ3v) is 5.62. The summed E-state index contributed by atoms with van der Waals surface area (Å²) in [5.74, 6) is -2.25. The van der Waals surface area contributed by atoms with Crippen molar-refractivity contribution in [1.82, 2.24) is 4.98 Å². The Morgan fingerprint density at radius 1 is 1.18 bits per heavy atom. The Balaban J connectivity index is 1.55. The number of hydrogen-bond donors (Lipinski definition) is 1. The van der Waals surface area contributed by atoms with Gasteiger partial charge in [0.2, 0.25) is 5.91 Å². The lowest BCUT2D eigenvalue weighted by Crippen LogP contribution is -2.31. The fraction of sp³-hybridized carbons (Fsp3) is 0.478. The molecule has 1 aliphatic carbocycles. The Bertz CT molecular complexity index is 1080. The number of rotatable bonds is 5. The standard InChI is InChI=1S/C23H24F5N3O2/c1-22(2,3)9-19(32)29-21-17(25)8-18-20(30-21)15-6-13(15)11-31(18)10-12-4-5-14(7-16(12)24)33-23(26,27)28/h4-5,7-8,13,15H,6,9-11H2,1-3H3,(H,29,30,32). The number of ether oxygens (including phenoxy) is 1. The fourth-order valence-corrected chi connectivity index (χ4v) is 4.14. The van der Waals surface area contributed by atoms with Crippen LogP contribution in [0.15, 0.2) is 24.3 Å². The highest BCUT2D eigenvalue weighted by molar-refractivity contribution is 5.90. The Hall–Kier alpha value is -2.91. The number of amides is 1. The molecule has 2 unspecified atom stereocenters. The summed E-state index contributed by atoms with van der Waals surface area (Å²) >= 11 is 0. The van der Waals surface area contributed by atoms with Crippen molar-refractivity contribution in [2.24, 2.45) is 11.3 Å². The highest BCUT2D eigenvalue weighted by Gasteiger charge is 2.47. The largest absolute Gasteiger partial charge is 0.573 e. The average Bonchev–Trinajstić information content (AvgIpc) is 3.41. The van der Waals surface area contributed by atoms with Gasteiger partial charge in [-0.25, -0.2) is 13.8 Å². The lowest BCUT2D eigenvalue weighted by atomic mass is 9.92. The van der Waals surface area contributed by atoms with E-state index in [0.717, 1.165) is 12.5 Å². The molecule has 1 saturated carbocycles. The van der Waals surface area contributed by atoms with Gasteiger partial charge in [-0.3, -0.25) is 4.79 Å². The van der Waals surface area contributed by atoms with Crippen LogP contribution in [0.5, 0.6) is 5.75 Å². The molecule has 1 fully saturated rings. The van der Waals surface area contributed by atoms with Crippen LogP contribution in [0.1, 0.15) is 50.8 Å². The smallest absolute Gasteiger partial charge is 0.406 e. The maximum atomic E-state index is 14.8. The fourth-order valence-electron chi connectivity index (χ4n) is 4.14. The van der Waals surface area contributed by atoms with E-state index < -0.39 is 23.7 Å². The molecule has 33 heavy (non-hydrogen) atoms. The quantitative estimate of drug-likeness (QED) is 0.566. The number of anilines is 2. The van der Waals surface area contributed by atoms with E-state index in [0.29, 0.717) is 24.0 Å². The van der Waals surface area contributed by atoms with Crippen LogP contribution in [-0.4, -0.2) is 23.8 Å². The Morgan fingerprint density at radius 2 is 1.91 bits per heavy atom. The van der Waals surface area contributed by atoms with Crippen molar-refractivity contribution in [3.05, 3.63) is 47.2 Å². The molecule has 0 spiro atoms. The molecule has 0 radical (unpaired) electrons. The summed E-state index contributed by atoms with van der Waals surface area (Å²) in [6.07, 6.45) is -3.86. The minimum absolute atomic E-state index is 0.0329. The van der Waals surface area contributed by atoms with Gasteiger partial charge >= 0.3 is 6.36 Å². The van der Waals surface area contributed by atoms with Crippen LogP contribution >= 0.6 is 0 Å². The molecule has 2 heterocycles. The molecule has 2 aromatic rings. The molecule has 2 aliphatic rings. The molecule has 10 heteroatoms. The molecule has 4 rings (SSSR count). The van der Waals surface area contributed by atoms with Crippen molar-refractivity contribution < 1.29 is 31.5 Å². The Kier molecular flexibility index (Phi) is 5.74. The molecule has 1 aliphatic heterocycles. The summed E-state index contributed by atoms with van der Waals surface area (Å²) in [5.41, 5.74) is 1.02. The van der Waals surface area contributed by atoms with Crippen LogP contribution in [-0.2, 0) is 11.3 Å². The van der Waals surface area contributed by atoms with Crippen LogP contribution in [0.3, 0.4) is 0 Å². The number of fused-ring (bicyclic) bond motifs is 3. The van der Waals surface area contributed by atoms with Gasteiger partial charge in [-0.05, 0) is 23.8 Å². The topological polar surface area (TPSA) is 54.5 Å². The number of alkyl halides is 3. The maximum Gasteiger partial charge on any atom is 0.573 e. The SMILES string of the molecule is CC(C)(C)CC(=O)Nc1nc2c(cc1F)N(Cc1ccc(OC(F)(F)F)cc1F)CC1CC21. The van der Waals surface area contributed by atoms with Crippen molar-refractivity contribution in [2.75, 3.05) is 16.8 Å². The van der Waals surface area contributed by atoms with Gasteiger partial charge in [-0.1, -0.05) is 26.8 Å². The molecule has 1 aromatic carbocycles. The first-order chi connectivity index (χ1) is 15.3. The van der Waals surface area contributed by atoms with E-state index >= 15 is 0 Å². The molecule has 1 amide bonds. The van der Waals surface area contributed by atoms with Gasteiger partial charge in [0.25, 0.3) is 0 Å². The predicted molar refractivity (Wildman–Crippen MR) is 112 cm³/mol. The molecular formula is C23H24F5N3O2. The maximum absolute atomic E-state index is 14.8. The first-order valence-electron chi connectivity index (χ1n) is 10.6. The monoisotopic (exact) mass is 469 g/mol. The number of pyridine rings is 1. The number of hydrogen-bond acceptors (Lipinski definition) is 4. The lowest BCUT2D eigenvalue weighted by Gasteiger charge is -2.31. The van der Waals surface area contributed by atoms with Crippen LogP contribution in [0, 0.1) is 23.0 Å². The van der Waals surface area contributed by atoms with Gasteiger partial charge < -0.3 is 15.0 Å². The van der Waals surface area contributed by atoms with Crippen molar-refractivity contribution in [1.29, 1.82) is 0 Å². The minimum atomic E-state index is -4.91. The van der Waals surface area contributed by atoms with Gasteiger partial charge in [0.15, 0.2) is 11.6 Å². The van der Waals surface area contributed by atoms with E-state index in [9.17, 15) is 26.7 Å². The normalized spacial score (nSPS) is 19.6. The summed E-state index contributed by atoms with van der Waals surface area (Å²) < 4.78 is 70.1. The number of benzene rings is 1. The predicted octanol–water partition coefficient (Wildman–Crippen LogP) is 5.76. The zero-order chi connectivity index (χ0) is 24.1. The van der Waals surface area contributed by atoms with Gasteiger partial charge in [-0.2, -0.15) is 0 Å². The number of aromatic nitrogens is 1. The summed E-state index contributed by atoms with van der Waals surface area (Å²) in [5, 5.41) is 2.55. The van der Waals surface area contributed by atoms with E-state index in [1.54, 1.807) is 4.90 Å².